The number of para-hydroxylation sites is 4. The van der Waals surface area contributed by atoms with Crippen LogP contribution in [-0.4, -0.2) is 76.2 Å². The monoisotopic (exact) mass is 704 g/mol. The molecule has 0 saturated heterocycles. The zero-order chi connectivity index (χ0) is 35.9. The van der Waals surface area contributed by atoms with Gasteiger partial charge >= 0.3 is 0 Å². The molecule has 3 heterocycles. The van der Waals surface area contributed by atoms with Crippen molar-refractivity contribution in [2.24, 2.45) is 0 Å². The van der Waals surface area contributed by atoms with E-state index >= 15 is 0 Å². The number of rotatable bonds is 0. The van der Waals surface area contributed by atoms with E-state index in [4.69, 9.17) is 18.9 Å². The molecule has 0 atom stereocenters. The van der Waals surface area contributed by atoms with Crippen LogP contribution in [0.2, 0.25) is 0 Å². The van der Waals surface area contributed by atoms with Crippen molar-refractivity contribution in [1.29, 1.82) is 0 Å². The summed E-state index contributed by atoms with van der Waals surface area (Å²) >= 11 is 0. The summed E-state index contributed by atoms with van der Waals surface area (Å²) in [7, 11) is 0. The zero-order valence-corrected chi connectivity index (χ0v) is 28.7. The largest absolute Gasteiger partial charge is 0.483 e. The van der Waals surface area contributed by atoms with Gasteiger partial charge in [0.05, 0.1) is 0 Å². The summed E-state index contributed by atoms with van der Waals surface area (Å²) in [6.07, 6.45) is 1.50. The van der Waals surface area contributed by atoms with E-state index in [1.165, 1.54) is 0 Å². The van der Waals surface area contributed by atoms with Gasteiger partial charge in [-0.2, -0.15) is 0 Å². The number of hydrogen-bond acceptors (Lipinski definition) is 8. The lowest BCUT2D eigenvalue weighted by Gasteiger charge is -2.22. The van der Waals surface area contributed by atoms with E-state index in [0.717, 1.165) is 44.5 Å². The van der Waals surface area contributed by atoms with Gasteiger partial charge in [-0.05, 0) is 44.5 Å². The average Bonchev–Trinajstić information content (AvgIpc) is 3.13. The number of nitrogens with one attached hydrogen (secondary N) is 4. The van der Waals surface area contributed by atoms with Crippen LogP contribution < -0.4 is 40.2 Å². The Labute approximate surface area is 301 Å². The Morgan fingerprint density at radius 2 is 0.519 bits per heavy atom. The van der Waals surface area contributed by atoms with Crippen LogP contribution in [-0.2, 0) is 44.9 Å². The normalized spacial score (nSPS) is 16.9. The maximum Gasteiger partial charge on any atom is 0.258 e. The second-order valence-corrected chi connectivity index (χ2v) is 12.9. The van der Waals surface area contributed by atoms with E-state index in [1.807, 2.05) is 72.8 Å². The lowest BCUT2D eigenvalue weighted by Crippen LogP contribution is -2.38. The fraction of sp³-hybridized carbons (Fsp3) is 0.300. The first-order valence-corrected chi connectivity index (χ1v) is 17.4. The number of benzene rings is 4. The van der Waals surface area contributed by atoms with Crippen molar-refractivity contribution in [3.8, 4) is 23.0 Å². The quantitative estimate of drug-likeness (QED) is 0.179. The summed E-state index contributed by atoms with van der Waals surface area (Å²) in [4.78, 5) is 52.0. The Bertz CT molecular complexity index is 1640. The Hall–Kier alpha value is -6.04. The van der Waals surface area contributed by atoms with Crippen LogP contribution in [0.25, 0.3) is 0 Å². The molecular weight excluding hydrogens is 664 g/mol. The minimum Gasteiger partial charge on any atom is -0.483 e. The lowest BCUT2D eigenvalue weighted by molar-refractivity contribution is -0.124. The summed E-state index contributed by atoms with van der Waals surface area (Å²) < 4.78 is 25.4. The van der Waals surface area contributed by atoms with E-state index in [2.05, 4.69) is 21.3 Å². The van der Waals surface area contributed by atoms with Gasteiger partial charge in [-0.15, -0.1) is 0 Å². The van der Waals surface area contributed by atoms with Crippen LogP contribution in [0.1, 0.15) is 44.5 Å². The summed E-state index contributed by atoms with van der Waals surface area (Å²) in [5.41, 5.74) is 6.53. The van der Waals surface area contributed by atoms with Gasteiger partial charge in [0, 0.05) is 51.9 Å². The summed E-state index contributed by atoms with van der Waals surface area (Å²) in [6.45, 7) is -0.183. The van der Waals surface area contributed by atoms with Crippen LogP contribution in [0.15, 0.2) is 72.8 Å². The molecule has 8 rings (SSSR count). The van der Waals surface area contributed by atoms with E-state index in [-0.39, 0.29) is 76.2 Å². The van der Waals surface area contributed by atoms with E-state index < -0.39 is 0 Å². The molecule has 52 heavy (non-hydrogen) atoms. The Morgan fingerprint density at radius 1 is 0.327 bits per heavy atom. The van der Waals surface area contributed by atoms with Gasteiger partial charge in [0.1, 0.15) is 23.0 Å². The van der Waals surface area contributed by atoms with Crippen molar-refractivity contribution in [1.82, 2.24) is 21.3 Å². The third kappa shape index (κ3) is 8.12. The van der Waals surface area contributed by atoms with Gasteiger partial charge in [-0.3, -0.25) is 19.2 Å². The highest BCUT2D eigenvalue weighted by atomic mass is 16.5. The maximum atomic E-state index is 13.0. The zero-order valence-electron chi connectivity index (χ0n) is 28.7. The Kier molecular flexibility index (Phi) is 10.5. The molecule has 0 unspecified atom stereocenters. The molecule has 1 aliphatic carbocycles. The molecule has 4 aliphatic rings. The molecule has 3 aliphatic heterocycles. The minimum absolute atomic E-state index is 0.213. The molecule has 0 radical (unpaired) electrons. The van der Waals surface area contributed by atoms with Crippen molar-refractivity contribution in [2.45, 2.75) is 25.7 Å². The molecule has 4 amide bonds. The van der Waals surface area contributed by atoms with Gasteiger partial charge < -0.3 is 40.2 Å². The highest BCUT2D eigenvalue weighted by Crippen LogP contribution is 2.39. The molecule has 4 aromatic carbocycles. The van der Waals surface area contributed by atoms with Gasteiger partial charge in [0.2, 0.25) is 0 Å². The van der Waals surface area contributed by atoms with E-state index in [1.54, 1.807) is 0 Å². The first-order chi connectivity index (χ1) is 25.4. The third-order valence-electron chi connectivity index (χ3n) is 9.17. The van der Waals surface area contributed by atoms with Crippen molar-refractivity contribution < 1.29 is 38.1 Å². The highest BCUT2D eigenvalue weighted by molar-refractivity contribution is 5.80. The molecule has 12 heteroatoms. The average molecular weight is 705 g/mol. The van der Waals surface area contributed by atoms with Crippen molar-refractivity contribution in [2.75, 3.05) is 52.6 Å². The summed E-state index contributed by atoms with van der Waals surface area (Å²) in [5, 5.41) is 11.2. The SMILES string of the molecule is O=C1COc2c3cccc2Cc2cccc4c2OCC(=O)NCCNC(=O)COc2c(cccc2Cc2cccc(c2OCC(=O)NCCN1)C4)C3. The number of carbonyl (C=O) groups excluding carboxylic acids is 4. The fourth-order valence-electron chi connectivity index (χ4n) is 6.79. The van der Waals surface area contributed by atoms with Crippen molar-refractivity contribution in [3.63, 3.8) is 0 Å². The minimum atomic E-state index is -0.347. The second kappa shape index (κ2) is 15.9. The van der Waals surface area contributed by atoms with Crippen LogP contribution in [0.3, 0.4) is 0 Å². The molecule has 268 valence electrons. The molecule has 0 saturated carbocycles. The highest BCUT2D eigenvalue weighted by Gasteiger charge is 2.23. The first kappa shape index (κ1) is 34.4. The standard InChI is InChI=1S/C40H40N4O8/c45-33-21-49-37-25-5-1-6-26(37)18-28-8-3-10-30-20-32-12-4-11-31(40(32)52-24-36(48)44-14-13-41-33)19-29-9-2-7-27(17-25)38(29)50-22-34(46)42-15-16-43-35(47)23-51-39(28)30/h1-12H,13-24H2,(H,41,45)(H,42,46)(H,43,47)(H,44,48). The first-order valence-electron chi connectivity index (χ1n) is 17.4. The van der Waals surface area contributed by atoms with E-state index in [0.29, 0.717) is 48.7 Å². The smallest absolute Gasteiger partial charge is 0.258 e. The second-order valence-electron chi connectivity index (χ2n) is 12.9. The van der Waals surface area contributed by atoms with Gasteiger partial charge in [0.15, 0.2) is 26.4 Å². The summed E-state index contributed by atoms with van der Waals surface area (Å²) in [5.74, 6) is 0.771. The molecule has 0 fully saturated rings. The molecule has 4 N–H and O–H groups in total. The molecule has 4 aromatic rings. The van der Waals surface area contributed by atoms with Gasteiger partial charge in [0.25, 0.3) is 23.6 Å². The van der Waals surface area contributed by atoms with Crippen LogP contribution in [0, 0.1) is 0 Å². The fourth-order valence-corrected chi connectivity index (χ4v) is 6.79. The number of amides is 4. The van der Waals surface area contributed by atoms with Crippen molar-refractivity contribution in [3.05, 3.63) is 117 Å². The topological polar surface area (TPSA) is 153 Å². The van der Waals surface area contributed by atoms with Crippen LogP contribution in [0.5, 0.6) is 23.0 Å². The van der Waals surface area contributed by atoms with Crippen LogP contribution in [0.4, 0.5) is 0 Å². The molecule has 12 nitrogen and oxygen atoms in total. The lowest BCUT2D eigenvalue weighted by atomic mass is 9.91. The number of carbonyl (C=O) groups is 4. The number of fused-ring (bicyclic) bond motifs is 9. The Morgan fingerprint density at radius 3 is 0.712 bits per heavy atom. The summed E-state index contributed by atoms with van der Waals surface area (Å²) in [6, 6.07) is 23.4. The van der Waals surface area contributed by atoms with Gasteiger partial charge in [-0.25, -0.2) is 0 Å². The third-order valence-corrected chi connectivity index (χ3v) is 9.17. The van der Waals surface area contributed by atoms with Gasteiger partial charge in [-0.1, -0.05) is 72.8 Å². The Balaban J connectivity index is 1.48. The molecule has 0 aromatic heterocycles. The molecular formula is C40H40N4O8. The number of ether oxygens (including phenoxy) is 4. The molecule has 0 spiro atoms. The van der Waals surface area contributed by atoms with Crippen molar-refractivity contribution >= 4 is 23.6 Å². The predicted molar refractivity (Wildman–Crippen MR) is 191 cm³/mol. The predicted octanol–water partition coefficient (Wildman–Crippen LogP) is 2.37. The van der Waals surface area contributed by atoms with E-state index in [9.17, 15) is 19.2 Å². The maximum absolute atomic E-state index is 13.0. The van der Waals surface area contributed by atoms with Crippen LogP contribution >= 0.6 is 0 Å². The number of hydrogen-bond donors (Lipinski definition) is 4. The molecule has 12 bridgehead atoms.